The smallest absolute Gasteiger partial charge is 0.342 e. The molecule has 5 nitrogen and oxygen atoms in total. The Labute approximate surface area is 117 Å². The average molecular weight is 272 g/mol. The van der Waals surface area contributed by atoms with E-state index in [2.05, 4.69) is 4.98 Å². The number of hydrogen-bond acceptors (Lipinski definition) is 5. The summed E-state index contributed by atoms with van der Waals surface area (Å²) >= 11 is 0. The highest BCUT2D eigenvalue weighted by Gasteiger charge is 2.15. The van der Waals surface area contributed by atoms with Gasteiger partial charge in [-0.3, -0.25) is 4.98 Å². The molecule has 0 aliphatic heterocycles. The fourth-order valence-electron chi connectivity index (χ4n) is 1.83. The topological polar surface area (TPSA) is 74.4 Å². The normalized spacial score (nSPS) is 10.1. The fraction of sp³-hybridized carbons (Fsp3) is 0.200. The maximum Gasteiger partial charge on any atom is 0.342 e. The lowest BCUT2D eigenvalue weighted by Crippen LogP contribution is -2.10. The maximum atomic E-state index is 12.0. The van der Waals surface area contributed by atoms with Crippen LogP contribution in [0.5, 0.6) is 5.75 Å². The predicted molar refractivity (Wildman–Crippen MR) is 75.6 cm³/mol. The largest absolute Gasteiger partial charge is 0.494 e. The lowest BCUT2D eigenvalue weighted by Gasteiger charge is -2.10. The second-order valence-corrected chi connectivity index (χ2v) is 4.17. The second-order valence-electron chi connectivity index (χ2n) is 4.17. The summed E-state index contributed by atoms with van der Waals surface area (Å²) in [7, 11) is 1.47. The summed E-state index contributed by atoms with van der Waals surface area (Å²) in [5, 5.41) is 0. The van der Waals surface area contributed by atoms with Crippen LogP contribution in [0.2, 0.25) is 0 Å². The standard InChI is InChI=1S/C15H16N2O3/c1-19-14-12(3-2-4-13(14)16)15(18)20-10-7-11-5-8-17-9-6-11/h2-6,8-9H,7,10,16H2,1H3. The first-order valence-electron chi connectivity index (χ1n) is 6.21. The number of nitrogens with zero attached hydrogens (tertiary/aromatic N) is 1. The lowest BCUT2D eigenvalue weighted by atomic mass is 10.1. The summed E-state index contributed by atoms with van der Waals surface area (Å²) in [5.74, 6) is -0.0929. The molecule has 0 bridgehead atoms. The number of aromatic nitrogens is 1. The highest BCUT2D eigenvalue weighted by Crippen LogP contribution is 2.26. The van der Waals surface area contributed by atoms with Gasteiger partial charge < -0.3 is 15.2 Å². The summed E-state index contributed by atoms with van der Waals surface area (Å²) in [5.41, 5.74) is 7.56. The zero-order chi connectivity index (χ0) is 14.4. The molecule has 2 N–H and O–H groups in total. The van der Waals surface area contributed by atoms with Gasteiger partial charge in [0.15, 0.2) is 5.75 Å². The van der Waals surface area contributed by atoms with Crippen molar-refractivity contribution in [3.63, 3.8) is 0 Å². The second kappa shape index (κ2) is 6.56. The van der Waals surface area contributed by atoms with Gasteiger partial charge in [-0.05, 0) is 29.8 Å². The summed E-state index contributed by atoms with van der Waals surface area (Å²) in [6, 6.07) is 8.76. The van der Waals surface area contributed by atoms with Crippen molar-refractivity contribution in [2.75, 3.05) is 19.5 Å². The van der Waals surface area contributed by atoms with Crippen LogP contribution in [0.1, 0.15) is 15.9 Å². The van der Waals surface area contributed by atoms with Gasteiger partial charge >= 0.3 is 5.97 Å². The molecule has 1 aromatic heterocycles. The predicted octanol–water partition coefficient (Wildman–Crippen LogP) is 2.07. The zero-order valence-corrected chi connectivity index (χ0v) is 11.2. The molecule has 1 aromatic carbocycles. The minimum atomic E-state index is -0.441. The number of anilines is 1. The van der Waals surface area contributed by atoms with Crippen molar-refractivity contribution in [1.29, 1.82) is 0 Å². The third-order valence-electron chi connectivity index (χ3n) is 2.84. The molecule has 0 unspecified atom stereocenters. The summed E-state index contributed by atoms with van der Waals surface area (Å²) in [6.45, 7) is 0.292. The number of esters is 1. The summed E-state index contributed by atoms with van der Waals surface area (Å²) in [6.07, 6.45) is 4.05. The molecular formula is C15H16N2O3. The molecular weight excluding hydrogens is 256 g/mol. The Morgan fingerprint density at radius 3 is 2.70 bits per heavy atom. The molecule has 2 aromatic rings. The number of para-hydroxylation sites is 1. The van der Waals surface area contributed by atoms with E-state index in [1.165, 1.54) is 7.11 Å². The van der Waals surface area contributed by atoms with Gasteiger partial charge in [-0.25, -0.2) is 4.79 Å². The van der Waals surface area contributed by atoms with Crippen molar-refractivity contribution >= 4 is 11.7 Å². The number of ether oxygens (including phenoxy) is 2. The molecule has 2 rings (SSSR count). The Hall–Kier alpha value is -2.56. The van der Waals surface area contributed by atoms with Crippen LogP contribution in [0.3, 0.4) is 0 Å². The van der Waals surface area contributed by atoms with Crippen LogP contribution in [-0.4, -0.2) is 24.7 Å². The molecule has 5 heteroatoms. The first-order valence-corrected chi connectivity index (χ1v) is 6.21. The Balaban J connectivity index is 1.97. The highest BCUT2D eigenvalue weighted by molar-refractivity contribution is 5.94. The monoisotopic (exact) mass is 272 g/mol. The molecule has 0 fully saturated rings. The number of pyridine rings is 1. The lowest BCUT2D eigenvalue weighted by molar-refractivity contribution is 0.0506. The van der Waals surface area contributed by atoms with Crippen LogP contribution < -0.4 is 10.5 Å². The first kappa shape index (κ1) is 13.9. The number of benzene rings is 1. The minimum absolute atomic E-state index is 0.292. The van der Waals surface area contributed by atoms with E-state index in [0.717, 1.165) is 5.56 Å². The minimum Gasteiger partial charge on any atom is -0.494 e. The van der Waals surface area contributed by atoms with Crippen LogP contribution in [0.4, 0.5) is 5.69 Å². The van der Waals surface area contributed by atoms with Crippen molar-refractivity contribution in [2.24, 2.45) is 0 Å². The van der Waals surface area contributed by atoms with Crippen LogP contribution in [0, 0.1) is 0 Å². The molecule has 0 saturated heterocycles. The molecule has 20 heavy (non-hydrogen) atoms. The van der Waals surface area contributed by atoms with Gasteiger partial charge in [0.1, 0.15) is 5.56 Å². The van der Waals surface area contributed by atoms with Crippen LogP contribution >= 0.6 is 0 Å². The van der Waals surface area contributed by atoms with E-state index >= 15 is 0 Å². The molecule has 0 amide bonds. The molecule has 0 aliphatic rings. The van der Waals surface area contributed by atoms with E-state index in [0.29, 0.717) is 30.0 Å². The quantitative estimate of drug-likeness (QED) is 0.666. The average Bonchev–Trinajstić information content (AvgIpc) is 2.48. The number of methoxy groups -OCH3 is 1. The zero-order valence-electron chi connectivity index (χ0n) is 11.2. The molecule has 1 heterocycles. The van der Waals surface area contributed by atoms with E-state index in [9.17, 15) is 4.79 Å². The number of rotatable bonds is 5. The molecule has 104 valence electrons. The van der Waals surface area contributed by atoms with Crippen molar-refractivity contribution < 1.29 is 14.3 Å². The van der Waals surface area contributed by atoms with Crippen molar-refractivity contribution in [1.82, 2.24) is 4.98 Å². The first-order chi connectivity index (χ1) is 9.72. The van der Waals surface area contributed by atoms with Gasteiger partial charge in [0.25, 0.3) is 0 Å². The van der Waals surface area contributed by atoms with Gasteiger partial charge in [-0.2, -0.15) is 0 Å². The van der Waals surface area contributed by atoms with Gasteiger partial charge in [-0.1, -0.05) is 6.07 Å². The van der Waals surface area contributed by atoms with Crippen LogP contribution in [0.25, 0.3) is 0 Å². The molecule has 0 atom stereocenters. The summed E-state index contributed by atoms with van der Waals surface area (Å²) < 4.78 is 10.4. The van der Waals surface area contributed by atoms with Crippen molar-refractivity contribution in [2.45, 2.75) is 6.42 Å². The third kappa shape index (κ3) is 3.26. The van der Waals surface area contributed by atoms with Gasteiger partial charge in [0.05, 0.1) is 19.4 Å². The van der Waals surface area contributed by atoms with Crippen molar-refractivity contribution in [3.05, 3.63) is 53.9 Å². The number of hydrogen-bond donors (Lipinski definition) is 1. The number of nitrogens with two attached hydrogens (primary N) is 1. The van der Waals surface area contributed by atoms with Gasteiger partial charge in [0, 0.05) is 18.8 Å². The Morgan fingerprint density at radius 1 is 1.25 bits per heavy atom. The number of nitrogen functional groups attached to an aromatic ring is 1. The van der Waals surface area contributed by atoms with E-state index in [1.807, 2.05) is 12.1 Å². The van der Waals surface area contributed by atoms with E-state index in [4.69, 9.17) is 15.2 Å². The summed E-state index contributed by atoms with van der Waals surface area (Å²) in [4.78, 5) is 15.9. The van der Waals surface area contributed by atoms with E-state index < -0.39 is 5.97 Å². The molecule has 0 spiro atoms. The highest BCUT2D eigenvalue weighted by atomic mass is 16.5. The Kier molecular flexibility index (Phi) is 4.55. The van der Waals surface area contributed by atoms with Gasteiger partial charge in [0.2, 0.25) is 0 Å². The van der Waals surface area contributed by atoms with Crippen LogP contribution in [0.15, 0.2) is 42.7 Å². The maximum absolute atomic E-state index is 12.0. The molecule has 0 saturated carbocycles. The Bertz CT molecular complexity index is 585. The fourth-order valence-corrected chi connectivity index (χ4v) is 1.83. The van der Waals surface area contributed by atoms with E-state index in [-0.39, 0.29) is 0 Å². The third-order valence-corrected chi connectivity index (χ3v) is 2.84. The number of carbonyl (C=O) groups excluding carboxylic acids is 1. The van der Waals surface area contributed by atoms with Gasteiger partial charge in [-0.15, -0.1) is 0 Å². The van der Waals surface area contributed by atoms with Crippen molar-refractivity contribution in [3.8, 4) is 5.75 Å². The number of carbonyl (C=O) groups is 1. The Morgan fingerprint density at radius 2 is 2.00 bits per heavy atom. The van der Waals surface area contributed by atoms with E-state index in [1.54, 1.807) is 30.6 Å². The molecule has 0 aliphatic carbocycles. The van der Waals surface area contributed by atoms with Crippen LogP contribution in [-0.2, 0) is 11.2 Å². The molecule has 0 radical (unpaired) electrons. The SMILES string of the molecule is COc1c(N)cccc1C(=O)OCCc1ccncc1.